The summed E-state index contributed by atoms with van der Waals surface area (Å²) in [5, 5.41) is 50.1. The Kier molecular flexibility index (Phi) is 9.84. The molecule has 9 heteroatoms. The Morgan fingerprint density at radius 2 is 1.56 bits per heavy atom. The number of aliphatic hydroxyl groups is 5. The average Bonchev–Trinajstić information content (AvgIpc) is 2.80. The molecule has 2 aliphatic rings. The van der Waals surface area contributed by atoms with Crippen molar-refractivity contribution < 1.29 is 44.5 Å². The van der Waals surface area contributed by atoms with Crippen LogP contribution in [0.4, 0.5) is 0 Å². The van der Waals surface area contributed by atoms with Gasteiger partial charge in [0.1, 0.15) is 12.2 Å². The lowest BCUT2D eigenvalue weighted by molar-refractivity contribution is -0.309. The molecule has 2 saturated heterocycles. The average molecular weight is 457 g/mol. The zero-order valence-electron chi connectivity index (χ0n) is 18.5. The molecule has 8 atom stereocenters. The van der Waals surface area contributed by atoms with E-state index in [1.54, 1.807) is 7.11 Å². The highest BCUT2D eigenvalue weighted by Crippen LogP contribution is 2.30. The maximum atomic E-state index is 10.8. The van der Waals surface area contributed by atoms with Crippen molar-refractivity contribution in [2.75, 3.05) is 20.3 Å². The smallest absolute Gasteiger partial charge is 0.186 e. The number of methoxy groups -OCH3 is 1. The van der Waals surface area contributed by atoms with E-state index in [0.717, 1.165) is 18.4 Å². The van der Waals surface area contributed by atoms with Gasteiger partial charge in [0.2, 0.25) is 0 Å². The van der Waals surface area contributed by atoms with Gasteiger partial charge < -0.3 is 44.5 Å². The number of hydrogen-bond acceptors (Lipinski definition) is 9. The van der Waals surface area contributed by atoms with Crippen LogP contribution in [0.15, 0.2) is 24.3 Å². The number of benzene rings is 1. The minimum absolute atomic E-state index is 0.0994. The second-order valence-corrected chi connectivity index (χ2v) is 8.62. The van der Waals surface area contributed by atoms with Gasteiger partial charge in [0.25, 0.3) is 0 Å². The summed E-state index contributed by atoms with van der Waals surface area (Å²) in [6, 6.07) is 8.17. The molecule has 32 heavy (non-hydrogen) atoms. The van der Waals surface area contributed by atoms with Crippen molar-refractivity contribution in [1.29, 1.82) is 0 Å². The molecule has 8 unspecified atom stereocenters. The van der Waals surface area contributed by atoms with Crippen LogP contribution in [0.3, 0.4) is 0 Å². The topological polar surface area (TPSA) is 138 Å². The fraction of sp³-hybridized carbons (Fsp3) is 0.739. The Bertz CT molecular complexity index is 670. The molecule has 0 amide bonds. The van der Waals surface area contributed by atoms with Crippen LogP contribution in [0.5, 0.6) is 0 Å². The molecule has 5 N–H and O–H groups in total. The lowest BCUT2D eigenvalue weighted by atomic mass is 9.93. The third kappa shape index (κ3) is 6.69. The molecule has 182 valence electrons. The molecule has 1 aromatic rings. The van der Waals surface area contributed by atoms with Gasteiger partial charge in [-0.1, -0.05) is 24.3 Å². The van der Waals surface area contributed by atoms with Gasteiger partial charge in [0, 0.05) is 20.0 Å². The number of rotatable bonds is 10. The van der Waals surface area contributed by atoms with E-state index in [4.69, 9.17) is 18.9 Å². The van der Waals surface area contributed by atoms with Crippen LogP contribution in [-0.2, 0) is 32.0 Å². The van der Waals surface area contributed by atoms with E-state index in [1.807, 2.05) is 12.1 Å². The molecule has 2 fully saturated rings. The first-order valence-electron chi connectivity index (χ1n) is 11.2. The number of aliphatic hydroxyl groups excluding tert-OH is 5. The summed E-state index contributed by atoms with van der Waals surface area (Å²) in [5.74, 6) is 0. The molecule has 9 nitrogen and oxygen atoms in total. The third-order valence-electron chi connectivity index (χ3n) is 6.13. The molecule has 0 bridgehead atoms. The summed E-state index contributed by atoms with van der Waals surface area (Å²) >= 11 is 0. The molecule has 1 aromatic carbocycles. The summed E-state index contributed by atoms with van der Waals surface area (Å²) in [5.41, 5.74) is 2.28. The van der Waals surface area contributed by atoms with E-state index >= 15 is 0 Å². The molecule has 0 saturated carbocycles. The maximum Gasteiger partial charge on any atom is 0.186 e. The van der Waals surface area contributed by atoms with Gasteiger partial charge in [0.05, 0.1) is 50.3 Å². The molecule has 2 heterocycles. The second-order valence-electron chi connectivity index (χ2n) is 8.62. The van der Waals surface area contributed by atoms with Crippen LogP contribution < -0.4 is 0 Å². The van der Waals surface area contributed by atoms with E-state index < -0.39 is 49.0 Å². The molecule has 0 aromatic heterocycles. The summed E-state index contributed by atoms with van der Waals surface area (Å²) in [7, 11) is 1.66. The zero-order chi connectivity index (χ0) is 23.1. The van der Waals surface area contributed by atoms with E-state index in [-0.39, 0.29) is 26.1 Å². The lowest BCUT2D eigenvalue weighted by Gasteiger charge is -2.43. The van der Waals surface area contributed by atoms with Gasteiger partial charge in [0.15, 0.2) is 6.29 Å². The van der Waals surface area contributed by atoms with E-state index in [1.165, 1.54) is 5.56 Å². The highest BCUT2D eigenvalue weighted by atomic mass is 16.7. The molecule has 3 rings (SSSR count). The van der Waals surface area contributed by atoms with Crippen LogP contribution in [0.1, 0.15) is 36.8 Å². The highest BCUT2D eigenvalue weighted by molar-refractivity contribution is 5.22. The van der Waals surface area contributed by atoms with Crippen molar-refractivity contribution in [2.24, 2.45) is 0 Å². The fourth-order valence-electron chi connectivity index (χ4n) is 4.31. The van der Waals surface area contributed by atoms with E-state index in [2.05, 4.69) is 12.1 Å². The monoisotopic (exact) mass is 456 g/mol. The van der Waals surface area contributed by atoms with Crippen LogP contribution in [0.2, 0.25) is 0 Å². The Morgan fingerprint density at radius 3 is 2.22 bits per heavy atom. The summed E-state index contributed by atoms with van der Waals surface area (Å²) in [4.78, 5) is 0. The van der Waals surface area contributed by atoms with Crippen molar-refractivity contribution in [3.63, 3.8) is 0 Å². The van der Waals surface area contributed by atoms with Crippen LogP contribution in [0, 0.1) is 0 Å². The Morgan fingerprint density at radius 1 is 0.906 bits per heavy atom. The normalized spacial score (nSPS) is 35.7. The van der Waals surface area contributed by atoms with Gasteiger partial charge >= 0.3 is 0 Å². The fourth-order valence-corrected chi connectivity index (χ4v) is 4.31. The zero-order valence-corrected chi connectivity index (χ0v) is 18.5. The van der Waals surface area contributed by atoms with Crippen LogP contribution in [-0.4, -0.2) is 94.9 Å². The number of ether oxygens (including phenoxy) is 4. The van der Waals surface area contributed by atoms with Gasteiger partial charge in [-0.3, -0.25) is 0 Å². The Hall–Kier alpha value is -1.14. The van der Waals surface area contributed by atoms with E-state index in [0.29, 0.717) is 13.0 Å². The Balaban J connectivity index is 1.55. The summed E-state index contributed by atoms with van der Waals surface area (Å²) in [6.45, 7) is 0.0378. The van der Waals surface area contributed by atoms with Crippen molar-refractivity contribution in [1.82, 2.24) is 0 Å². The molecule has 0 spiro atoms. The predicted octanol–water partition coefficient (Wildman–Crippen LogP) is -0.119. The lowest BCUT2D eigenvalue weighted by Crippen LogP contribution is -2.56. The largest absolute Gasteiger partial charge is 0.394 e. The van der Waals surface area contributed by atoms with Gasteiger partial charge in [-0.05, 0) is 30.4 Å². The second kappa shape index (κ2) is 12.4. The van der Waals surface area contributed by atoms with E-state index in [9.17, 15) is 25.5 Å². The summed E-state index contributed by atoms with van der Waals surface area (Å²) in [6.07, 6.45) is -4.55. The molecular formula is C23H36O9. The van der Waals surface area contributed by atoms with Gasteiger partial charge in [-0.25, -0.2) is 0 Å². The van der Waals surface area contributed by atoms with Crippen LogP contribution in [0.25, 0.3) is 0 Å². The van der Waals surface area contributed by atoms with Crippen molar-refractivity contribution in [2.45, 2.75) is 87.7 Å². The quantitative estimate of drug-likeness (QED) is 0.326. The van der Waals surface area contributed by atoms with Crippen molar-refractivity contribution in [3.8, 4) is 0 Å². The minimum atomic E-state index is -1.29. The maximum absolute atomic E-state index is 10.8. The summed E-state index contributed by atoms with van der Waals surface area (Å²) < 4.78 is 22.3. The SMILES string of the molecule is COCc1ccc(CCCC2OC(CO)CC(OC3OC(CO)CC(O)C3O)C2O)cc1. The van der Waals surface area contributed by atoms with Crippen molar-refractivity contribution >= 4 is 0 Å². The molecular weight excluding hydrogens is 420 g/mol. The van der Waals surface area contributed by atoms with Crippen LogP contribution >= 0.6 is 0 Å². The molecule has 2 aliphatic heterocycles. The predicted molar refractivity (Wildman–Crippen MR) is 114 cm³/mol. The molecule has 0 radical (unpaired) electrons. The number of aryl methyl sites for hydroxylation is 1. The number of hydrogen-bond donors (Lipinski definition) is 5. The Labute approximate surface area is 188 Å². The standard InChI is InChI=1S/C23H36O9/c1-29-13-15-7-5-14(6-8-15)3-2-4-19-22(28)20(10-17(12-25)30-19)32-23-21(27)18(26)9-16(11-24)31-23/h5-8,16-28H,2-4,9-13H2,1H3. The van der Waals surface area contributed by atoms with Gasteiger partial charge in [-0.2, -0.15) is 0 Å². The first-order valence-corrected chi connectivity index (χ1v) is 11.2. The molecule has 0 aliphatic carbocycles. The van der Waals surface area contributed by atoms with Gasteiger partial charge in [-0.15, -0.1) is 0 Å². The first-order chi connectivity index (χ1) is 15.4. The first kappa shape index (κ1) is 25.5. The third-order valence-corrected chi connectivity index (χ3v) is 6.13. The minimum Gasteiger partial charge on any atom is -0.394 e. The van der Waals surface area contributed by atoms with Crippen molar-refractivity contribution in [3.05, 3.63) is 35.4 Å². The highest BCUT2D eigenvalue weighted by Gasteiger charge is 2.43.